The topological polar surface area (TPSA) is 39.2 Å². The number of halogens is 4. The van der Waals surface area contributed by atoms with Gasteiger partial charge in [0.1, 0.15) is 5.69 Å². The number of methoxy groups -OCH3 is 1. The molecular weight excluding hydrogens is 411 g/mol. The lowest BCUT2D eigenvalue weighted by atomic mass is 10.1. The highest BCUT2D eigenvalue weighted by Gasteiger charge is 2.19. The van der Waals surface area contributed by atoms with E-state index >= 15 is 0 Å². The highest BCUT2D eigenvalue weighted by Crippen LogP contribution is 2.28. The predicted octanol–water partition coefficient (Wildman–Crippen LogP) is 3.23. The fourth-order valence-corrected chi connectivity index (χ4v) is 3.33. The van der Waals surface area contributed by atoms with Crippen molar-refractivity contribution in [3.05, 3.63) is 26.6 Å². The number of nitrogens with zero attached hydrogens (tertiary/aromatic N) is 1. The normalized spacial score (nSPS) is 10.7. The number of pyridine rings is 1. The average molecular weight is 420 g/mol. The van der Waals surface area contributed by atoms with Gasteiger partial charge in [0.25, 0.3) is 6.43 Å². The van der Waals surface area contributed by atoms with Crippen LogP contribution in [-0.4, -0.2) is 18.1 Å². The van der Waals surface area contributed by atoms with Gasteiger partial charge in [0.15, 0.2) is 0 Å². The molecule has 1 aromatic heterocycles. The van der Waals surface area contributed by atoms with Crippen LogP contribution < -0.4 is 0 Å². The summed E-state index contributed by atoms with van der Waals surface area (Å²) in [5.41, 5.74) is 0.998. The van der Waals surface area contributed by atoms with E-state index in [0.717, 1.165) is 0 Å². The van der Waals surface area contributed by atoms with Crippen LogP contribution in [0.4, 0.5) is 8.78 Å². The Labute approximate surface area is 119 Å². The molecule has 0 unspecified atom stereocenters. The minimum atomic E-state index is -2.62. The first kappa shape index (κ1) is 14.7. The number of carbonyl (C=O) groups is 1. The SMILES string of the molecule is COC(=O)Cc1cnc(C(F)F)c(I)c1CBr. The molecule has 0 saturated heterocycles. The highest BCUT2D eigenvalue weighted by atomic mass is 127. The van der Waals surface area contributed by atoms with Gasteiger partial charge in [-0.15, -0.1) is 0 Å². The van der Waals surface area contributed by atoms with E-state index in [-0.39, 0.29) is 12.1 Å². The number of esters is 1. The van der Waals surface area contributed by atoms with E-state index in [2.05, 4.69) is 25.7 Å². The van der Waals surface area contributed by atoms with Gasteiger partial charge in [0.2, 0.25) is 0 Å². The van der Waals surface area contributed by atoms with Crippen molar-refractivity contribution in [2.45, 2.75) is 18.2 Å². The molecule has 17 heavy (non-hydrogen) atoms. The zero-order chi connectivity index (χ0) is 13.0. The predicted molar refractivity (Wildman–Crippen MR) is 70.3 cm³/mol. The number of hydrogen-bond acceptors (Lipinski definition) is 3. The third-order valence-corrected chi connectivity index (χ3v) is 3.90. The van der Waals surface area contributed by atoms with Crippen molar-refractivity contribution in [1.82, 2.24) is 4.98 Å². The first-order valence-corrected chi connectivity index (χ1v) is 6.78. The number of ether oxygens (including phenoxy) is 1. The second-order valence-corrected chi connectivity index (χ2v) is 4.79. The quantitative estimate of drug-likeness (QED) is 0.427. The van der Waals surface area contributed by atoms with Crippen molar-refractivity contribution < 1.29 is 18.3 Å². The van der Waals surface area contributed by atoms with Gasteiger partial charge in [0.05, 0.1) is 13.5 Å². The first-order valence-electron chi connectivity index (χ1n) is 4.58. The third kappa shape index (κ3) is 3.57. The molecule has 0 aliphatic heterocycles. The molecule has 0 spiro atoms. The molecule has 0 saturated carbocycles. The zero-order valence-electron chi connectivity index (χ0n) is 8.84. The summed E-state index contributed by atoms with van der Waals surface area (Å²) in [6, 6.07) is 0. The standard InChI is InChI=1S/C10H9BrF2INO2/c1-17-7(16)2-5-4-15-9(10(12)13)8(14)6(5)3-11/h4,10H,2-3H2,1H3. The van der Waals surface area contributed by atoms with Crippen LogP contribution in [0.15, 0.2) is 6.20 Å². The Balaban J connectivity index is 3.16. The van der Waals surface area contributed by atoms with Gasteiger partial charge < -0.3 is 4.74 Å². The Morgan fingerprint density at radius 1 is 1.65 bits per heavy atom. The summed E-state index contributed by atoms with van der Waals surface area (Å²) in [5, 5.41) is 0.389. The summed E-state index contributed by atoms with van der Waals surface area (Å²) in [6.45, 7) is 0. The highest BCUT2D eigenvalue weighted by molar-refractivity contribution is 14.1. The molecule has 0 radical (unpaired) electrons. The van der Waals surface area contributed by atoms with Gasteiger partial charge in [-0.1, -0.05) is 15.9 Å². The van der Waals surface area contributed by atoms with E-state index in [1.807, 2.05) is 22.6 Å². The molecule has 0 aromatic carbocycles. The average Bonchev–Trinajstić information content (AvgIpc) is 2.28. The third-order valence-electron chi connectivity index (χ3n) is 2.14. The van der Waals surface area contributed by atoms with Crippen LogP contribution in [0.2, 0.25) is 0 Å². The van der Waals surface area contributed by atoms with Crippen LogP contribution in [0.5, 0.6) is 0 Å². The number of rotatable bonds is 4. The molecule has 1 rings (SSSR count). The minimum Gasteiger partial charge on any atom is -0.469 e. The van der Waals surface area contributed by atoms with Gasteiger partial charge in [-0.3, -0.25) is 9.78 Å². The van der Waals surface area contributed by atoms with E-state index in [4.69, 9.17) is 0 Å². The van der Waals surface area contributed by atoms with Gasteiger partial charge in [-0.05, 0) is 33.7 Å². The maximum atomic E-state index is 12.6. The van der Waals surface area contributed by atoms with Gasteiger partial charge in [-0.2, -0.15) is 0 Å². The molecule has 0 N–H and O–H groups in total. The van der Waals surface area contributed by atoms with Crippen LogP contribution in [0.3, 0.4) is 0 Å². The van der Waals surface area contributed by atoms with E-state index in [0.29, 0.717) is 20.0 Å². The van der Waals surface area contributed by atoms with Crippen LogP contribution in [-0.2, 0) is 21.3 Å². The van der Waals surface area contributed by atoms with Gasteiger partial charge in [0, 0.05) is 15.1 Å². The van der Waals surface area contributed by atoms with Crippen molar-refractivity contribution in [2.75, 3.05) is 7.11 Å². The molecule has 0 bridgehead atoms. The fraction of sp³-hybridized carbons (Fsp3) is 0.400. The molecule has 0 amide bonds. The summed E-state index contributed by atoms with van der Waals surface area (Å²) < 4.78 is 30.2. The summed E-state index contributed by atoms with van der Waals surface area (Å²) in [5.74, 6) is -0.422. The Kier molecular flexibility index (Phi) is 5.71. The zero-order valence-corrected chi connectivity index (χ0v) is 12.6. The second-order valence-electron chi connectivity index (χ2n) is 3.15. The first-order chi connectivity index (χ1) is 8.01. The second kappa shape index (κ2) is 6.58. The van der Waals surface area contributed by atoms with Crippen molar-refractivity contribution in [2.24, 2.45) is 0 Å². The van der Waals surface area contributed by atoms with Gasteiger partial charge >= 0.3 is 5.97 Å². The minimum absolute atomic E-state index is 0.0317. The molecule has 7 heteroatoms. The van der Waals surface area contributed by atoms with Crippen molar-refractivity contribution in [3.8, 4) is 0 Å². The number of carbonyl (C=O) groups excluding carboxylic acids is 1. The molecule has 1 heterocycles. The smallest absolute Gasteiger partial charge is 0.310 e. The molecule has 0 aliphatic carbocycles. The van der Waals surface area contributed by atoms with Crippen LogP contribution in [0, 0.1) is 3.57 Å². The van der Waals surface area contributed by atoms with Crippen molar-refractivity contribution >= 4 is 44.5 Å². The lowest BCUT2D eigenvalue weighted by Gasteiger charge is -2.11. The van der Waals surface area contributed by atoms with Crippen LogP contribution >= 0.6 is 38.5 Å². The monoisotopic (exact) mass is 419 g/mol. The summed E-state index contributed by atoms with van der Waals surface area (Å²) in [4.78, 5) is 14.9. The molecule has 0 fully saturated rings. The summed E-state index contributed by atoms with van der Waals surface area (Å²) in [6.07, 6.45) is -1.28. The maximum absolute atomic E-state index is 12.6. The van der Waals surface area contributed by atoms with Crippen LogP contribution in [0.25, 0.3) is 0 Å². The molecule has 0 aliphatic rings. The molecule has 3 nitrogen and oxygen atoms in total. The number of alkyl halides is 3. The molecule has 1 aromatic rings. The summed E-state index contributed by atoms with van der Waals surface area (Å²) >= 11 is 5.04. The largest absolute Gasteiger partial charge is 0.469 e. The number of aromatic nitrogens is 1. The summed E-state index contributed by atoms with van der Waals surface area (Å²) in [7, 11) is 1.28. The Bertz CT molecular complexity index is 429. The molecule has 0 atom stereocenters. The van der Waals surface area contributed by atoms with Crippen molar-refractivity contribution in [3.63, 3.8) is 0 Å². The Morgan fingerprint density at radius 3 is 2.76 bits per heavy atom. The fourth-order valence-electron chi connectivity index (χ4n) is 1.25. The lowest BCUT2D eigenvalue weighted by Crippen LogP contribution is -2.10. The maximum Gasteiger partial charge on any atom is 0.310 e. The van der Waals surface area contributed by atoms with E-state index in [9.17, 15) is 13.6 Å². The van der Waals surface area contributed by atoms with E-state index in [1.165, 1.54) is 13.3 Å². The van der Waals surface area contributed by atoms with Gasteiger partial charge in [-0.25, -0.2) is 8.78 Å². The molecule has 94 valence electrons. The number of hydrogen-bond donors (Lipinski definition) is 0. The van der Waals surface area contributed by atoms with E-state index in [1.54, 1.807) is 0 Å². The Morgan fingerprint density at radius 2 is 2.29 bits per heavy atom. The molecular formula is C10H9BrF2INO2. The lowest BCUT2D eigenvalue weighted by molar-refractivity contribution is -0.139. The van der Waals surface area contributed by atoms with Crippen LogP contribution in [0.1, 0.15) is 23.2 Å². The Hall–Kier alpha value is -0.310. The van der Waals surface area contributed by atoms with Crippen molar-refractivity contribution in [1.29, 1.82) is 0 Å². The van der Waals surface area contributed by atoms with E-state index < -0.39 is 12.4 Å².